The Kier molecular flexibility index (Phi) is 6.23. The minimum atomic E-state index is -1.05. The Morgan fingerprint density at radius 1 is 1.12 bits per heavy atom. The van der Waals surface area contributed by atoms with Crippen LogP contribution in [0.25, 0.3) is 0 Å². The summed E-state index contributed by atoms with van der Waals surface area (Å²) in [6.45, 7) is 3.87. The number of hydrogen-bond donors (Lipinski definition) is 2. The van der Waals surface area contributed by atoms with Crippen molar-refractivity contribution in [1.29, 1.82) is 0 Å². The maximum Gasteiger partial charge on any atom is 0.235 e. The Morgan fingerprint density at radius 2 is 1.75 bits per heavy atom. The molecule has 132 valence electrons. The molecule has 1 fully saturated rings. The third-order valence-electron chi connectivity index (χ3n) is 4.68. The van der Waals surface area contributed by atoms with E-state index in [0.717, 1.165) is 43.4 Å². The molecule has 2 N–H and O–H groups in total. The highest BCUT2D eigenvalue weighted by atomic mass is 16.5. The quantitative estimate of drug-likeness (QED) is 0.754. The summed E-state index contributed by atoms with van der Waals surface area (Å²) >= 11 is 0. The van der Waals surface area contributed by atoms with Crippen molar-refractivity contribution in [1.82, 2.24) is 10.6 Å². The summed E-state index contributed by atoms with van der Waals surface area (Å²) in [5, 5.41) is 5.88. The molecule has 0 aromatic heterocycles. The van der Waals surface area contributed by atoms with Gasteiger partial charge in [-0.05, 0) is 50.8 Å². The number of nitrogens with one attached hydrogen (secondary N) is 2. The first-order chi connectivity index (χ1) is 11.4. The van der Waals surface area contributed by atoms with Crippen molar-refractivity contribution >= 4 is 11.8 Å². The first kappa shape index (κ1) is 18.3. The van der Waals surface area contributed by atoms with Crippen LogP contribution in [0.4, 0.5) is 0 Å². The van der Waals surface area contributed by atoms with Gasteiger partial charge in [-0.15, -0.1) is 0 Å². The van der Waals surface area contributed by atoms with Crippen LogP contribution in [0, 0.1) is 5.41 Å². The van der Waals surface area contributed by atoms with Crippen LogP contribution < -0.4 is 15.4 Å². The summed E-state index contributed by atoms with van der Waals surface area (Å²) in [6, 6.07) is 7.97. The summed E-state index contributed by atoms with van der Waals surface area (Å²) in [4.78, 5) is 24.8. The van der Waals surface area contributed by atoms with Gasteiger partial charge in [-0.25, -0.2) is 0 Å². The molecule has 0 heterocycles. The molecule has 1 aliphatic carbocycles. The molecule has 2 rings (SSSR count). The van der Waals surface area contributed by atoms with Crippen LogP contribution in [0.3, 0.4) is 0 Å². The smallest absolute Gasteiger partial charge is 0.235 e. The Hall–Kier alpha value is -2.04. The molecule has 5 heteroatoms. The average Bonchev–Trinajstić information content (AvgIpc) is 3.08. The molecular formula is C19H28N2O3. The van der Waals surface area contributed by atoms with Crippen molar-refractivity contribution in [2.75, 3.05) is 13.7 Å². The number of rotatable bonds is 7. The molecule has 0 bridgehead atoms. The minimum absolute atomic E-state index is 0.184. The largest absolute Gasteiger partial charge is 0.497 e. The van der Waals surface area contributed by atoms with E-state index in [1.165, 1.54) is 0 Å². The van der Waals surface area contributed by atoms with Crippen LogP contribution in [0.15, 0.2) is 24.3 Å². The lowest BCUT2D eigenvalue weighted by molar-refractivity contribution is -0.141. The maximum atomic E-state index is 12.4. The van der Waals surface area contributed by atoms with Gasteiger partial charge in [-0.2, -0.15) is 0 Å². The first-order valence-electron chi connectivity index (χ1n) is 8.65. The van der Waals surface area contributed by atoms with Gasteiger partial charge >= 0.3 is 0 Å². The van der Waals surface area contributed by atoms with Crippen molar-refractivity contribution in [3.05, 3.63) is 29.8 Å². The second-order valence-electron chi connectivity index (χ2n) is 6.93. The SMILES string of the molecule is COc1ccc(CCNC(=O)C(C)(C)C(=O)NC2CCCC2)cc1. The van der Waals surface area contributed by atoms with Gasteiger partial charge in [0.25, 0.3) is 0 Å². The second kappa shape index (κ2) is 8.18. The highest BCUT2D eigenvalue weighted by Crippen LogP contribution is 2.21. The highest BCUT2D eigenvalue weighted by Gasteiger charge is 2.37. The van der Waals surface area contributed by atoms with E-state index in [2.05, 4.69) is 10.6 Å². The molecular weight excluding hydrogens is 304 g/mol. The number of amides is 2. The van der Waals surface area contributed by atoms with Crippen molar-refractivity contribution in [2.24, 2.45) is 5.41 Å². The van der Waals surface area contributed by atoms with Crippen LogP contribution in [0.2, 0.25) is 0 Å². The molecule has 1 aliphatic rings. The summed E-state index contributed by atoms with van der Waals surface area (Å²) in [5.41, 5.74) is 0.0620. The van der Waals surface area contributed by atoms with Crippen LogP contribution in [0.1, 0.15) is 45.1 Å². The molecule has 0 unspecified atom stereocenters. The maximum absolute atomic E-state index is 12.4. The Bertz CT molecular complexity index is 560. The fraction of sp³-hybridized carbons (Fsp3) is 0.579. The van der Waals surface area contributed by atoms with Gasteiger partial charge < -0.3 is 15.4 Å². The molecule has 2 amide bonds. The summed E-state index contributed by atoms with van der Waals surface area (Å²) in [5.74, 6) is 0.398. The van der Waals surface area contributed by atoms with E-state index in [4.69, 9.17) is 4.74 Å². The zero-order chi connectivity index (χ0) is 17.6. The van der Waals surface area contributed by atoms with Crippen LogP contribution in [0.5, 0.6) is 5.75 Å². The Labute approximate surface area is 144 Å². The number of hydrogen-bond acceptors (Lipinski definition) is 3. The Balaban J connectivity index is 1.79. The predicted molar refractivity (Wildman–Crippen MR) is 93.9 cm³/mol. The van der Waals surface area contributed by atoms with E-state index >= 15 is 0 Å². The molecule has 1 aromatic carbocycles. The van der Waals surface area contributed by atoms with Gasteiger partial charge in [0.2, 0.25) is 11.8 Å². The van der Waals surface area contributed by atoms with Crippen LogP contribution >= 0.6 is 0 Å². The highest BCUT2D eigenvalue weighted by molar-refractivity contribution is 6.04. The second-order valence-corrected chi connectivity index (χ2v) is 6.93. The number of benzene rings is 1. The normalized spacial score (nSPS) is 15.1. The van der Waals surface area contributed by atoms with Gasteiger partial charge in [0.05, 0.1) is 7.11 Å². The first-order valence-corrected chi connectivity index (χ1v) is 8.65. The molecule has 0 aliphatic heterocycles. The van der Waals surface area contributed by atoms with Crippen molar-refractivity contribution in [3.8, 4) is 5.75 Å². The van der Waals surface area contributed by atoms with Gasteiger partial charge in [-0.1, -0.05) is 25.0 Å². The number of carbonyl (C=O) groups is 2. The van der Waals surface area contributed by atoms with E-state index in [1.807, 2.05) is 24.3 Å². The number of ether oxygens (including phenoxy) is 1. The minimum Gasteiger partial charge on any atom is -0.497 e. The van der Waals surface area contributed by atoms with Gasteiger partial charge in [0.1, 0.15) is 11.2 Å². The lowest BCUT2D eigenvalue weighted by atomic mass is 9.90. The van der Waals surface area contributed by atoms with E-state index in [1.54, 1.807) is 21.0 Å². The summed E-state index contributed by atoms with van der Waals surface area (Å²) in [6.07, 6.45) is 5.05. The number of methoxy groups -OCH3 is 1. The van der Waals surface area contributed by atoms with Crippen LogP contribution in [-0.2, 0) is 16.0 Å². The zero-order valence-electron chi connectivity index (χ0n) is 14.9. The summed E-state index contributed by atoms with van der Waals surface area (Å²) < 4.78 is 5.12. The molecule has 0 saturated heterocycles. The summed E-state index contributed by atoms with van der Waals surface area (Å²) in [7, 11) is 1.63. The molecule has 1 saturated carbocycles. The third-order valence-corrected chi connectivity index (χ3v) is 4.68. The lowest BCUT2D eigenvalue weighted by Crippen LogP contribution is -2.50. The van der Waals surface area contributed by atoms with Gasteiger partial charge in [0, 0.05) is 12.6 Å². The number of carbonyl (C=O) groups excluding carboxylic acids is 2. The standard InChI is InChI=1S/C19H28N2O3/c1-19(2,18(23)21-15-6-4-5-7-15)17(22)20-13-12-14-8-10-16(24-3)11-9-14/h8-11,15H,4-7,12-13H2,1-3H3,(H,20,22)(H,21,23). The van der Waals surface area contributed by atoms with E-state index in [0.29, 0.717) is 6.54 Å². The van der Waals surface area contributed by atoms with Gasteiger partial charge in [0.15, 0.2) is 0 Å². The monoisotopic (exact) mass is 332 g/mol. The molecule has 0 spiro atoms. The predicted octanol–water partition coefficient (Wildman–Crippen LogP) is 2.44. The zero-order valence-corrected chi connectivity index (χ0v) is 14.9. The van der Waals surface area contributed by atoms with Crippen LogP contribution in [-0.4, -0.2) is 31.5 Å². The average molecular weight is 332 g/mol. The molecule has 5 nitrogen and oxygen atoms in total. The van der Waals surface area contributed by atoms with Crippen molar-refractivity contribution in [3.63, 3.8) is 0 Å². The topological polar surface area (TPSA) is 67.4 Å². The Morgan fingerprint density at radius 3 is 2.33 bits per heavy atom. The fourth-order valence-electron chi connectivity index (χ4n) is 2.87. The van der Waals surface area contributed by atoms with E-state index in [-0.39, 0.29) is 17.9 Å². The molecule has 0 radical (unpaired) electrons. The fourth-order valence-corrected chi connectivity index (χ4v) is 2.87. The molecule has 24 heavy (non-hydrogen) atoms. The third kappa shape index (κ3) is 4.73. The lowest BCUT2D eigenvalue weighted by Gasteiger charge is -2.25. The molecule has 0 atom stereocenters. The molecule has 1 aromatic rings. The van der Waals surface area contributed by atoms with Crippen molar-refractivity contribution in [2.45, 2.75) is 52.0 Å². The van der Waals surface area contributed by atoms with Crippen molar-refractivity contribution < 1.29 is 14.3 Å². The van der Waals surface area contributed by atoms with E-state index in [9.17, 15) is 9.59 Å². The van der Waals surface area contributed by atoms with Gasteiger partial charge in [-0.3, -0.25) is 9.59 Å². The van der Waals surface area contributed by atoms with E-state index < -0.39 is 5.41 Å².